The van der Waals surface area contributed by atoms with Gasteiger partial charge in [0.25, 0.3) is 0 Å². The van der Waals surface area contributed by atoms with Crippen molar-refractivity contribution in [3.8, 4) is 67.9 Å². The van der Waals surface area contributed by atoms with Crippen molar-refractivity contribution in [2.45, 2.75) is 17.8 Å². The summed E-state index contributed by atoms with van der Waals surface area (Å²) in [5, 5.41) is 66.9. The fourth-order valence-corrected chi connectivity index (χ4v) is 9.23. The lowest BCUT2D eigenvalue weighted by molar-refractivity contribution is 0.453. The van der Waals surface area contributed by atoms with E-state index in [4.69, 9.17) is 0 Å². The van der Waals surface area contributed by atoms with E-state index in [2.05, 4.69) is 36.4 Å². The number of fused-ring (bicyclic) bond motifs is 12. The van der Waals surface area contributed by atoms with Crippen molar-refractivity contribution >= 4 is 0 Å². The van der Waals surface area contributed by atoms with Gasteiger partial charge in [0.1, 0.15) is 34.5 Å². The molecule has 0 amide bonds. The van der Waals surface area contributed by atoms with E-state index in [1.54, 1.807) is 18.2 Å². The Morgan fingerprint density at radius 3 is 0.863 bits per heavy atom. The number of hydrogen-bond acceptors (Lipinski definition) is 6. The summed E-state index contributed by atoms with van der Waals surface area (Å²) in [6.07, 6.45) is 0. The lowest BCUT2D eigenvalue weighted by atomic mass is 9.77. The van der Waals surface area contributed by atoms with E-state index >= 15 is 0 Å². The highest BCUT2D eigenvalue weighted by atomic mass is 16.3. The molecule has 3 atom stereocenters. The highest BCUT2D eigenvalue weighted by molar-refractivity contribution is 6.04. The quantitative estimate of drug-likeness (QED) is 0.105. The third-order valence-electron chi connectivity index (χ3n) is 11.1. The Morgan fingerprint density at radius 2 is 0.569 bits per heavy atom. The first kappa shape index (κ1) is 29.3. The lowest BCUT2D eigenvalue weighted by Crippen LogP contribution is -2.08. The van der Waals surface area contributed by atoms with Crippen LogP contribution in [0.2, 0.25) is 0 Å². The Bertz CT molecular complexity index is 2330. The van der Waals surface area contributed by atoms with Gasteiger partial charge in [-0.05, 0) is 121 Å². The van der Waals surface area contributed by atoms with Crippen LogP contribution in [0.4, 0.5) is 0 Å². The van der Waals surface area contributed by atoms with Crippen LogP contribution < -0.4 is 0 Å². The minimum Gasteiger partial charge on any atom is -0.508 e. The number of hydrogen-bond donors (Lipinski definition) is 6. The average molecular weight is 667 g/mol. The molecule has 0 spiro atoms. The second kappa shape index (κ2) is 10.4. The summed E-state index contributed by atoms with van der Waals surface area (Å²) in [5.74, 6) is -1.23. The maximum absolute atomic E-state index is 11.5. The van der Waals surface area contributed by atoms with Crippen molar-refractivity contribution in [2.24, 2.45) is 0 Å². The minimum atomic E-state index is -0.492. The molecule has 6 N–H and O–H groups in total. The molecule has 0 bridgehead atoms. The smallest absolute Gasteiger partial charge is 0.120 e. The summed E-state index contributed by atoms with van der Waals surface area (Å²) < 4.78 is 0. The average Bonchev–Trinajstić information content (AvgIpc) is 3.77. The van der Waals surface area contributed by atoms with Crippen molar-refractivity contribution in [3.63, 3.8) is 0 Å². The molecule has 0 saturated heterocycles. The topological polar surface area (TPSA) is 121 Å². The molecule has 0 unspecified atom stereocenters. The Morgan fingerprint density at radius 1 is 0.294 bits per heavy atom. The van der Waals surface area contributed by atoms with Gasteiger partial charge in [-0.15, -0.1) is 0 Å². The molecule has 0 heterocycles. The van der Waals surface area contributed by atoms with Crippen LogP contribution >= 0.6 is 0 Å². The maximum Gasteiger partial charge on any atom is 0.120 e. The normalized spacial score (nSPS) is 17.3. The highest BCUT2D eigenvalue weighted by Crippen LogP contribution is 2.67. The summed E-state index contributed by atoms with van der Waals surface area (Å²) in [5.41, 5.74) is 13.2. The van der Waals surface area contributed by atoms with E-state index in [1.807, 2.05) is 36.4 Å². The van der Waals surface area contributed by atoms with Crippen molar-refractivity contribution in [3.05, 3.63) is 177 Å². The van der Waals surface area contributed by atoms with E-state index < -0.39 is 17.8 Å². The molecule has 0 fully saturated rings. The van der Waals surface area contributed by atoms with Crippen molar-refractivity contribution in [2.75, 3.05) is 0 Å². The SMILES string of the molecule is Oc1ccc(O)c([C@@H]2c3ccccc3-c3c2c2c(c4c3[C@H](c3cc(O)ccc3O)c3ccccc3-4)[C@H](c3cc(O)ccc3O)c3ccccc3-2)c1. The predicted molar refractivity (Wildman–Crippen MR) is 195 cm³/mol. The molecule has 0 radical (unpaired) electrons. The number of phenolic OH excluding ortho intramolecular Hbond substituents is 6. The molecule has 3 aliphatic carbocycles. The van der Waals surface area contributed by atoms with Gasteiger partial charge in [0.15, 0.2) is 0 Å². The zero-order chi connectivity index (χ0) is 34.7. The third kappa shape index (κ3) is 3.93. The summed E-state index contributed by atoms with van der Waals surface area (Å²) in [6.45, 7) is 0. The molecule has 7 aromatic carbocycles. The highest BCUT2D eigenvalue weighted by Gasteiger charge is 2.48. The van der Waals surface area contributed by atoms with Crippen LogP contribution in [0.3, 0.4) is 0 Å². The first-order valence-electron chi connectivity index (χ1n) is 16.9. The van der Waals surface area contributed by atoms with E-state index in [0.29, 0.717) is 16.7 Å². The van der Waals surface area contributed by atoms with Crippen LogP contribution in [0.5, 0.6) is 34.5 Å². The monoisotopic (exact) mass is 666 g/mol. The molecule has 6 heteroatoms. The Hall–Kier alpha value is -6.66. The Labute approximate surface area is 293 Å². The fourth-order valence-electron chi connectivity index (χ4n) is 9.23. The molecule has 0 aliphatic heterocycles. The third-order valence-corrected chi connectivity index (χ3v) is 11.1. The van der Waals surface area contributed by atoms with Crippen LogP contribution in [0.15, 0.2) is 127 Å². The van der Waals surface area contributed by atoms with Crippen LogP contribution in [0.1, 0.15) is 67.8 Å². The first-order valence-corrected chi connectivity index (χ1v) is 16.9. The van der Waals surface area contributed by atoms with E-state index in [9.17, 15) is 30.6 Å². The molecule has 6 nitrogen and oxygen atoms in total. The van der Waals surface area contributed by atoms with Gasteiger partial charge >= 0.3 is 0 Å². The first-order chi connectivity index (χ1) is 24.8. The van der Waals surface area contributed by atoms with Crippen LogP contribution in [-0.2, 0) is 0 Å². The van der Waals surface area contributed by atoms with Crippen LogP contribution in [0, 0.1) is 0 Å². The molecule has 10 rings (SSSR count). The van der Waals surface area contributed by atoms with Gasteiger partial charge in [0.2, 0.25) is 0 Å². The van der Waals surface area contributed by atoms with E-state index in [-0.39, 0.29) is 34.5 Å². The largest absolute Gasteiger partial charge is 0.508 e. The fraction of sp³-hybridized carbons (Fsp3) is 0.0667. The maximum atomic E-state index is 11.5. The van der Waals surface area contributed by atoms with Gasteiger partial charge in [-0.1, -0.05) is 72.8 Å². The summed E-state index contributed by atoms with van der Waals surface area (Å²) >= 11 is 0. The van der Waals surface area contributed by atoms with Crippen molar-refractivity contribution in [1.29, 1.82) is 0 Å². The number of benzene rings is 7. The molecule has 0 aromatic heterocycles. The summed E-state index contributed by atoms with van der Waals surface area (Å²) in [7, 11) is 0. The summed E-state index contributed by atoms with van der Waals surface area (Å²) in [4.78, 5) is 0. The number of rotatable bonds is 3. The molecule has 7 aromatic rings. The summed E-state index contributed by atoms with van der Waals surface area (Å²) in [6, 6.07) is 38.2. The standard InChI is InChI=1S/C45H30O6/c46-22-13-16-34(49)31(19-22)37-25-7-1-4-10-28(25)40-43(37)41-29-11-5-2-8-26(29)39(33-21-24(48)15-18-36(33)51)45(41)42-30-12-6-3-9-27(30)38(44(40)42)32-20-23(47)14-17-35(32)50/h1-21,37-39,46-51H/t37-,38-,39-/m0/s1. The van der Waals surface area contributed by atoms with Gasteiger partial charge in [0.05, 0.1) is 0 Å². The zero-order valence-electron chi connectivity index (χ0n) is 27.0. The molecule has 3 aliphatic rings. The van der Waals surface area contributed by atoms with Gasteiger partial charge in [-0.25, -0.2) is 0 Å². The van der Waals surface area contributed by atoms with Gasteiger partial charge in [-0.3, -0.25) is 0 Å². The molecule has 51 heavy (non-hydrogen) atoms. The second-order valence-electron chi connectivity index (χ2n) is 13.7. The molecule has 246 valence electrons. The van der Waals surface area contributed by atoms with E-state index in [1.165, 1.54) is 36.4 Å². The Kier molecular flexibility index (Phi) is 5.98. The van der Waals surface area contributed by atoms with E-state index in [0.717, 1.165) is 66.8 Å². The molecule has 0 saturated carbocycles. The second-order valence-corrected chi connectivity index (χ2v) is 13.7. The number of aromatic hydroxyl groups is 6. The van der Waals surface area contributed by atoms with Crippen LogP contribution in [0.25, 0.3) is 33.4 Å². The number of phenols is 6. The van der Waals surface area contributed by atoms with Crippen LogP contribution in [-0.4, -0.2) is 30.6 Å². The molecular weight excluding hydrogens is 636 g/mol. The predicted octanol–water partition coefficient (Wildman–Crippen LogP) is 9.40. The van der Waals surface area contributed by atoms with Crippen molar-refractivity contribution in [1.82, 2.24) is 0 Å². The minimum absolute atomic E-state index is 0.0319. The van der Waals surface area contributed by atoms with Crippen molar-refractivity contribution < 1.29 is 30.6 Å². The van der Waals surface area contributed by atoms with Gasteiger partial charge in [-0.2, -0.15) is 0 Å². The zero-order valence-corrected chi connectivity index (χ0v) is 27.0. The lowest BCUT2D eigenvalue weighted by Gasteiger charge is -2.26. The Balaban J connectivity index is 1.45. The van der Waals surface area contributed by atoms with Gasteiger partial charge in [0, 0.05) is 34.4 Å². The molecular formula is C45H30O6. The van der Waals surface area contributed by atoms with Gasteiger partial charge < -0.3 is 30.6 Å².